The number of hydrogen-bond donors (Lipinski definition) is 0. The highest BCUT2D eigenvalue weighted by atomic mass is 32.2. The van der Waals surface area contributed by atoms with Gasteiger partial charge in [0.1, 0.15) is 5.76 Å². The minimum atomic E-state index is -3.28. The minimum Gasteiger partial charge on any atom is -0.469 e. The van der Waals surface area contributed by atoms with Crippen molar-refractivity contribution in [2.24, 2.45) is 5.92 Å². The van der Waals surface area contributed by atoms with Crippen molar-refractivity contribution in [1.29, 1.82) is 0 Å². The molecule has 2 saturated heterocycles. The Kier molecular flexibility index (Phi) is 4.66. The van der Waals surface area contributed by atoms with E-state index in [1.54, 1.807) is 22.8 Å². The summed E-state index contributed by atoms with van der Waals surface area (Å²) in [6.07, 6.45) is 1.84. The Balaban J connectivity index is 1.87. The Labute approximate surface area is 147 Å². The molecule has 3 rings (SSSR count). The van der Waals surface area contributed by atoms with Gasteiger partial charge in [0.2, 0.25) is 5.91 Å². The third-order valence-corrected chi connectivity index (χ3v) is 6.63. The molecule has 7 nitrogen and oxygen atoms in total. The number of piperazine rings is 1. The molecule has 0 aliphatic carbocycles. The van der Waals surface area contributed by atoms with Gasteiger partial charge >= 0.3 is 0 Å². The van der Waals surface area contributed by atoms with Crippen molar-refractivity contribution in [3.05, 3.63) is 23.7 Å². The van der Waals surface area contributed by atoms with E-state index in [1.165, 1.54) is 6.26 Å². The summed E-state index contributed by atoms with van der Waals surface area (Å²) in [5.41, 5.74) is 0.449. The molecule has 0 unspecified atom stereocenters. The van der Waals surface area contributed by atoms with E-state index in [0.29, 0.717) is 30.8 Å². The molecule has 2 amide bonds. The van der Waals surface area contributed by atoms with E-state index in [-0.39, 0.29) is 29.2 Å². The Morgan fingerprint density at radius 3 is 2.36 bits per heavy atom. The molecule has 1 aromatic heterocycles. The van der Waals surface area contributed by atoms with E-state index in [4.69, 9.17) is 4.42 Å². The van der Waals surface area contributed by atoms with Gasteiger partial charge in [0.15, 0.2) is 9.84 Å². The molecule has 0 bridgehead atoms. The smallest absolute Gasteiger partial charge is 0.257 e. The Morgan fingerprint density at radius 1 is 1.20 bits per heavy atom. The number of hydrogen-bond acceptors (Lipinski definition) is 5. The average Bonchev–Trinajstić information content (AvgIpc) is 3.06. The lowest BCUT2D eigenvalue weighted by Crippen LogP contribution is -2.62. The van der Waals surface area contributed by atoms with Crippen LogP contribution in [0.2, 0.25) is 0 Å². The zero-order chi connectivity index (χ0) is 18.4. The van der Waals surface area contributed by atoms with Gasteiger partial charge < -0.3 is 14.2 Å². The summed E-state index contributed by atoms with van der Waals surface area (Å²) in [7, 11) is -3.28. The predicted octanol–water partition coefficient (Wildman–Crippen LogP) is 1.08. The molecule has 2 fully saturated rings. The Bertz CT molecular complexity index is 783. The number of amides is 2. The van der Waals surface area contributed by atoms with Crippen LogP contribution in [0.1, 0.15) is 36.4 Å². The molecule has 0 N–H and O–H groups in total. The molecular formula is C17H24N2O5S. The van der Waals surface area contributed by atoms with Crippen LogP contribution < -0.4 is 0 Å². The molecule has 0 radical (unpaired) electrons. The summed E-state index contributed by atoms with van der Waals surface area (Å²) in [6, 6.07) is 0.657. The number of carbonyl (C=O) groups is 2. The summed E-state index contributed by atoms with van der Waals surface area (Å²) in [4.78, 5) is 28.7. The van der Waals surface area contributed by atoms with Crippen molar-refractivity contribution in [2.75, 3.05) is 24.6 Å². The van der Waals surface area contributed by atoms with E-state index < -0.39 is 21.9 Å². The predicted molar refractivity (Wildman–Crippen MR) is 91.9 cm³/mol. The first-order chi connectivity index (χ1) is 11.7. The Hall–Kier alpha value is -1.83. The fourth-order valence-corrected chi connectivity index (χ4v) is 5.72. The van der Waals surface area contributed by atoms with Crippen LogP contribution in [-0.2, 0) is 14.6 Å². The van der Waals surface area contributed by atoms with Crippen LogP contribution in [0.3, 0.4) is 0 Å². The summed E-state index contributed by atoms with van der Waals surface area (Å²) in [6.45, 7) is 6.33. The molecule has 8 heteroatoms. The van der Waals surface area contributed by atoms with Crippen LogP contribution >= 0.6 is 0 Å². The average molecular weight is 368 g/mol. The van der Waals surface area contributed by atoms with Gasteiger partial charge in [0.25, 0.3) is 5.91 Å². The first-order valence-corrected chi connectivity index (χ1v) is 10.4. The number of aryl methyl sites for hydroxylation is 1. The topological polar surface area (TPSA) is 87.9 Å². The maximum Gasteiger partial charge on any atom is 0.257 e. The first kappa shape index (κ1) is 18.0. The maximum absolute atomic E-state index is 12.9. The molecule has 3 heterocycles. The second-order valence-corrected chi connectivity index (χ2v) is 9.44. The van der Waals surface area contributed by atoms with Gasteiger partial charge in [-0.2, -0.15) is 0 Å². The maximum atomic E-state index is 12.9. The van der Waals surface area contributed by atoms with Crippen molar-refractivity contribution < 1.29 is 22.4 Å². The molecule has 2 atom stereocenters. The Morgan fingerprint density at radius 2 is 1.80 bits per heavy atom. The highest BCUT2D eigenvalue weighted by molar-refractivity contribution is 7.91. The monoisotopic (exact) mass is 368 g/mol. The van der Waals surface area contributed by atoms with Crippen LogP contribution in [0.25, 0.3) is 0 Å². The first-order valence-electron chi connectivity index (χ1n) is 8.54. The lowest BCUT2D eigenvalue weighted by molar-refractivity contribution is -0.137. The van der Waals surface area contributed by atoms with Gasteiger partial charge in [-0.05, 0) is 18.9 Å². The normalized spacial score (nSPS) is 25.3. The third kappa shape index (κ3) is 3.44. The van der Waals surface area contributed by atoms with Crippen LogP contribution in [0.5, 0.6) is 0 Å². The van der Waals surface area contributed by atoms with E-state index in [9.17, 15) is 18.0 Å². The molecule has 2 aliphatic rings. The van der Waals surface area contributed by atoms with Gasteiger partial charge in [0, 0.05) is 19.5 Å². The van der Waals surface area contributed by atoms with E-state index in [1.807, 2.05) is 13.8 Å². The van der Waals surface area contributed by atoms with Gasteiger partial charge in [-0.3, -0.25) is 9.59 Å². The number of sulfone groups is 1. The lowest BCUT2D eigenvalue weighted by Gasteiger charge is -2.44. The molecule has 0 spiro atoms. The largest absolute Gasteiger partial charge is 0.469 e. The highest BCUT2D eigenvalue weighted by Crippen LogP contribution is 2.29. The molecule has 0 aromatic carbocycles. The molecule has 25 heavy (non-hydrogen) atoms. The summed E-state index contributed by atoms with van der Waals surface area (Å²) < 4.78 is 29.6. The van der Waals surface area contributed by atoms with Crippen LogP contribution in [0.15, 0.2) is 16.7 Å². The standard InChI is InChI=1S/C17H24N2O5S/c1-11(2)8-16(20)18-5-6-19(15-10-25(22,23)9-14(15)18)17(21)13-4-7-24-12(13)3/h4,7,11,14-15H,5-6,8-10H2,1-3H3/t14-,15+/m1/s1. The number of rotatable bonds is 3. The van der Waals surface area contributed by atoms with Gasteiger partial charge in [-0.1, -0.05) is 13.8 Å². The second kappa shape index (κ2) is 6.48. The minimum absolute atomic E-state index is 0.0336. The number of furan rings is 1. The van der Waals surface area contributed by atoms with E-state index in [0.717, 1.165) is 0 Å². The number of fused-ring (bicyclic) bond motifs is 1. The van der Waals surface area contributed by atoms with Crippen LogP contribution in [0, 0.1) is 12.8 Å². The molecule has 0 saturated carbocycles. The van der Waals surface area contributed by atoms with Gasteiger partial charge in [0.05, 0.1) is 35.4 Å². The summed E-state index contributed by atoms with van der Waals surface area (Å²) in [5.74, 6) is 0.294. The zero-order valence-corrected chi connectivity index (χ0v) is 15.6. The molecule has 138 valence electrons. The van der Waals surface area contributed by atoms with Crippen LogP contribution in [0.4, 0.5) is 0 Å². The third-order valence-electron chi connectivity index (χ3n) is 4.93. The lowest BCUT2D eigenvalue weighted by atomic mass is 10.0. The number of nitrogens with zero attached hydrogens (tertiary/aromatic N) is 2. The highest BCUT2D eigenvalue weighted by Gasteiger charge is 2.49. The fourth-order valence-electron chi connectivity index (χ4n) is 3.74. The van der Waals surface area contributed by atoms with Crippen LogP contribution in [-0.4, -0.2) is 66.7 Å². The van der Waals surface area contributed by atoms with E-state index >= 15 is 0 Å². The van der Waals surface area contributed by atoms with Crippen molar-refractivity contribution in [3.63, 3.8) is 0 Å². The van der Waals surface area contributed by atoms with Gasteiger partial charge in [-0.15, -0.1) is 0 Å². The SMILES string of the molecule is Cc1occc1C(=O)N1CCN(C(=O)CC(C)C)[C@@H]2CS(=O)(=O)C[C@@H]21. The van der Waals surface area contributed by atoms with E-state index in [2.05, 4.69) is 0 Å². The summed E-state index contributed by atoms with van der Waals surface area (Å²) >= 11 is 0. The van der Waals surface area contributed by atoms with Crippen molar-refractivity contribution >= 4 is 21.7 Å². The molecule has 1 aromatic rings. The van der Waals surface area contributed by atoms with Gasteiger partial charge in [-0.25, -0.2) is 8.42 Å². The zero-order valence-electron chi connectivity index (χ0n) is 14.8. The second-order valence-electron chi connectivity index (χ2n) is 7.29. The molecular weight excluding hydrogens is 344 g/mol. The van der Waals surface area contributed by atoms with Crippen molar-refractivity contribution in [2.45, 2.75) is 39.3 Å². The molecule has 2 aliphatic heterocycles. The summed E-state index contributed by atoms with van der Waals surface area (Å²) in [5, 5.41) is 0. The van der Waals surface area contributed by atoms with Crippen molar-refractivity contribution in [3.8, 4) is 0 Å². The van der Waals surface area contributed by atoms with Crippen molar-refractivity contribution in [1.82, 2.24) is 9.80 Å². The quantitative estimate of drug-likeness (QED) is 0.797. The fraction of sp³-hybridized carbons (Fsp3) is 0.647. The number of carbonyl (C=O) groups excluding carboxylic acids is 2.